The Labute approximate surface area is 111 Å². The van der Waals surface area contributed by atoms with Crippen molar-refractivity contribution in [2.24, 2.45) is 5.41 Å². The smallest absolute Gasteiger partial charge is 0.199 e. The molecule has 1 saturated carbocycles. The van der Waals surface area contributed by atoms with Gasteiger partial charge in [0.1, 0.15) is 5.58 Å². The Hall–Kier alpha value is -1.03. The largest absolute Gasteiger partial charge is 0.444 e. The predicted octanol–water partition coefficient (Wildman–Crippen LogP) is 2.95. The van der Waals surface area contributed by atoms with E-state index in [0.29, 0.717) is 11.8 Å². The summed E-state index contributed by atoms with van der Waals surface area (Å²) in [5.41, 5.74) is 1.94. The molecule has 2 N–H and O–H groups in total. The van der Waals surface area contributed by atoms with Gasteiger partial charge in [-0.15, -0.1) is 0 Å². The molecule has 0 bridgehead atoms. The first-order valence-electron chi connectivity index (χ1n) is 6.22. The van der Waals surface area contributed by atoms with Crippen LogP contribution in [0, 0.1) is 5.41 Å². The van der Waals surface area contributed by atoms with E-state index in [2.05, 4.69) is 5.32 Å². The highest BCUT2D eigenvalue weighted by atomic mass is 35.5. The number of fused-ring (bicyclic) bond motifs is 1. The third kappa shape index (κ3) is 2.14. The van der Waals surface area contributed by atoms with Crippen molar-refractivity contribution >= 4 is 22.6 Å². The molecule has 1 aliphatic carbocycles. The van der Waals surface area contributed by atoms with Crippen LogP contribution in [0.15, 0.2) is 28.7 Å². The normalized spacial score (nSPS) is 17.2. The first-order chi connectivity index (χ1) is 8.74. The lowest BCUT2D eigenvalue weighted by atomic mass is 10.1. The van der Waals surface area contributed by atoms with E-state index in [1.54, 1.807) is 0 Å². The third-order valence-corrected chi connectivity index (χ3v) is 4.05. The van der Waals surface area contributed by atoms with E-state index in [1.807, 2.05) is 24.3 Å². The Morgan fingerprint density at radius 3 is 2.83 bits per heavy atom. The molecule has 0 spiro atoms. The van der Waals surface area contributed by atoms with Gasteiger partial charge >= 0.3 is 0 Å². The van der Waals surface area contributed by atoms with Crippen molar-refractivity contribution in [3.63, 3.8) is 0 Å². The number of hydrogen-bond acceptors (Lipinski definition) is 3. The quantitative estimate of drug-likeness (QED) is 0.874. The molecule has 0 aliphatic heterocycles. The van der Waals surface area contributed by atoms with E-state index in [4.69, 9.17) is 16.0 Å². The van der Waals surface area contributed by atoms with Gasteiger partial charge in [0.25, 0.3) is 0 Å². The second-order valence-electron chi connectivity index (χ2n) is 5.11. The summed E-state index contributed by atoms with van der Waals surface area (Å²) >= 11 is 6.11. The van der Waals surface area contributed by atoms with Gasteiger partial charge in [0.15, 0.2) is 5.22 Å². The van der Waals surface area contributed by atoms with E-state index in [9.17, 15) is 5.11 Å². The maximum atomic E-state index is 9.26. The monoisotopic (exact) mass is 265 g/mol. The number of rotatable bonds is 5. The van der Waals surface area contributed by atoms with Crippen molar-refractivity contribution in [2.75, 3.05) is 13.2 Å². The number of halogens is 1. The van der Waals surface area contributed by atoms with Crippen molar-refractivity contribution in [1.29, 1.82) is 0 Å². The molecule has 0 unspecified atom stereocenters. The van der Waals surface area contributed by atoms with E-state index in [0.717, 1.165) is 35.9 Å². The van der Waals surface area contributed by atoms with Crippen molar-refractivity contribution in [3.8, 4) is 0 Å². The minimum Gasteiger partial charge on any atom is -0.444 e. The van der Waals surface area contributed by atoms with Gasteiger partial charge in [0.2, 0.25) is 0 Å². The lowest BCUT2D eigenvalue weighted by Crippen LogP contribution is -2.26. The molecular weight excluding hydrogens is 250 g/mol. The zero-order chi connectivity index (χ0) is 12.6. The van der Waals surface area contributed by atoms with Crippen LogP contribution in [-0.2, 0) is 6.54 Å². The predicted molar refractivity (Wildman–Crippen MR) is 71.7 cm³/mol. The summed E-state index contributed by atoms with van der Waals surface area (Å²) in [4.78, 5) is 0. The summed E-state index contributed by atoms with van der Waals surface area (Å²) in [7, 11) is 0. The lowest BCUT2D eigenvalue weighted by Gasteiger charge is -2.12. The number of furan rings is 1. The second-order valence-corrected chi connectivity index (χ2v) is 5.46. The Kier molecular flexibility index (Phi) is 3.06. The fourth-order valence-electron chi connectivity index (χ4n) is 2.25. The average molecular weight is 266 g/mol. The van der Waals surface area contributed by atoms with E-state index >= 15 is 0 Å². The topological polar surface area (TPSA) is 45.4 Å². The fraction of sp³-hybridized carbons (Fsp3) is 0.429. The van der Waals surface area contributed by atoms with Crippen LogP contribution in [0.4, 0.5) is 0 Å². The van der Waals surface area contributed by atoms with Crippen LogP contribution in [0.25, 0.3) is 11.0 Å². The number of hydrogen-bond donors (Lipinski definition) is 2. The van der Waals surface area contributed by atoms with Crippen LogP contribution in [-0.4, -0.2) is 18.3 Å². The molecule has 18 heavy (non-hydrogen) atoms. The summed E-state index contributed by atoms with van der Waals surface area (Å²) in [5.74, 6) is 0. The summed E-state index contributed by atoms with van der Waals surface area (Å²) < 4.78 is 5.50. The molecule has 4 heteroatoms. The Morgan fingerprint density at radius 1 is 1.33 bits per heavy atom. The van der Waals surface area contributed by atoms with Gasteiger partial charge in [-0.05, 0) is 30.5 Å². The molecule has 1 aliphatic rings. The summed E-state index contributed by atoms with van der Waals surface area (Å²) in [6.45, 7) is 1.77. The number of nitrogens with one attached hydrogen (secondary N) is 1. The molecule has 96 valence electrons. The molecule has 1 aromatic heterocycles. The van der Waals surface area contributed by atoms with Crippen LogP contribution in [0.5, 0.6) is 0 Å². The van der Waals surface area contributed by atoms with E-state index in [-0.39, 0.29) is 12.0 Å². The number of benzene rings is 1. The maximum absolute atomic E-state index is 9.26. The van der Waals surface area contributed by atoms with Gasteiger partial charge in [0.05, 0.1) is 0 Å². The van der Waals surface area contributed by atoms with Crippen LogP contribution >= 0.6 is 11.6 Å². The molecule has 1 heterocycles. The molecule has 1 aromatic carbocycles. The van der Waals surface area contributed by atoms with Crippen LogP contribution < -0.4 is 5.32 Å². The first kappa shape index (κ1) is 12.0. The van der Waals surface area contributed by atoms with Gasteiger partial charge in [-0.2, -0.15) is 0 Å². The standard InChI is InChI=1S/C14H16ClNO2/c15-13-11(7-16-8-14(9-17)5-6-14)10-3-1-2-4-12(10)18-13/h1-4,16-17H,5-9H2. The molecule has 0 radical (unpaired) electrons. The summed E-state index contributed by atoms with van der Waals surface area (Å²) in [6.07, 6.45) is 2.22. The molecule has 0 atom stereocenters. The van der Waals surface area contributed by atoms with Gasteiger partial charge in [-0.25, -0.2) is 0 Å². The van der Waals surface area contributed by atoms with Gasteiger partial charge < -0.3 is 14.8 Å². The third-order valence-electron chi connectivity index (χ3n) is 3.74. The first-order valence-corrected chi connectivity index (χ1v) is 6.59. The highest BCUT2D eigenvalue weighted by Crippen LogP contribution is 2.44. The van der Waals surface area contributed by atoms with Crippen LogP contribution in [0.2, 0.25) is 5.22 Å². The Balaban J connectivity index is 1.72. The molecule has 2 aromatic rings. The summed E-state index contributed by atoms with van der Waals surface area (Å²) in [5, 5.41) is 14.1. The zero-order valence-electron chi connectivity index (χ0n) is 10.1. The maximum Gasteiger partial charge on any atom is 0.199 e. The van der Waals surface area contributed by atoms with Crippen molar-refractivity contribution in [3.05, 3.63) is 35.0 Å². The highest BCUT2D eigenvalue weighted by Gasteiger charge is 2.41. The SMILES string of the molecule is OCC1(CNCc2c(Cl)oc3ccccc23)CC1. The van der Waals surface area contributed by atoms with Gasteiger partial charge in [0, 0.05) is 36.1 Å². The molecule has 0 saturated heterocycles. The van der Waals surface area contributed by atoms with Crippen LogP contribution in [0.1, 0.15) is 18.4 Å². The van der Waals surface area contributed by atoms with Crippen molar-refractivity contribution in [2.45, 2.75) is 19.4 Å². The molecule has 3 nitrogen and oxygen atoms in total. The molecular formula is C14H16ClNO2. The minimum absolute atomic E-state index is 0.117. The zero-order valence-corrected chi connectivity index (χ0v) is 10.8. The average Bonchev–Trinajstić information content (AvgIpc) is 3.09. The molecule has 3 rings (SSSR count). The van der Waals surface area contributed by atoms with Crippen molar-refractivity contribution in [1.82, 2.24) is 5.32 Å². The van der Waals surface area contributed by atoms with E-state index < -0.39 is 0 Å². The molecule has 0 amide bonds. The molecule has 1 fully saturated rings. The lowest BCUT2D eigenvalue weighted by molar-refractivity contribution is 0.207. The van der Waals surface area contributed by atoms with Crippen molar-refractivity contribution < 1.29 is 9.52 Å². The number of para-hydroxylation sites is 1. The highest BCUT2D eigenvalue weighted by molar-refractivity contribution is 6.30. The summed E-state index contributed by atoms with van der Waals surface area (Å²) in [6, 6.07) is 7.85. The van der Waals surface area contributed by atoms with E-state index in [1.165, 1.54) is 0 Å². The Bertz CT molecular complexity index is 560. The second kappa shape index (κ2) is 4.57. The Morgan fingerprint density at radius 2 is 2.11 bits per heavy atom. The number of aliphatic hydroxyl groups is 1. The minimum atomic E-state index is 0.117. The fourth-order valence-corrected chi connectivity index (χ4v) is 2.51. The van der Waals surface area contributed by atoms with Crippen LogP contribution in [0.3, 0.4) is 0 Å². The van der Waals surface area contributed by atoms with Gasteiger partial charge in [-0.3, -0.25) is 0 Å². The number of aliphatic hydroxyl groups excluding tert-OH is 1. The van der Waals surface area contributed by atoms with Gasteiger partial charge in [-0.1, -0.05) is 18.2 Å².